The molecule has 2 aliphatic carbocycles. The molecule has 0 spiro atoms. The van der Waals surface area contributed by atoms with Gasteiger partial charge in [-0.2, -0.15) is 0 Å². The molecule has 2 atom stereocenters. The van der Waals surface area contributed by atoms with E-state index in [0.29, 0.717) is 17.3 Å². The number of allylic oxidation sites excluding steroid dienone is 3. The molecule has 1 saturated carbocycles. The molecule has 2 heteroatoms. The molecule has 2 rings (SSSR count). The Morgan fingerprint density at radius 2 is 2.25 bits per heavy atom. The van der Waals surface area contributed by atoms with Gasteiger partial charge in [0.05, 0.1) is 0 Å². The molecule has 2 nitrogen and oxygen atoms in total. The predicted octanol–water partition coefficient (Wildman–Crippen LogP) is 3.40. The van der Waals surface area contributed by atoms with E-state index >= 15 is 0 Å². The Morgan fingerprint density at radius 1 is 1.56 bits per heavy atom. The number of hydrogen-bond acceptors (Lipinski definition) is 1. The minimum Gasteiger partial charge on any atom is -0.478 e. The van der Waals surface area contributed by atoms with Crippen LogP contribution in [0, 0.1) is 17.3 Å². The largest absolute Gasteiger partial charge is 0.478 e. The molecule has 0 heterocycles. The Labute approximate surface area is 97.0 Å². The van der Waals surface area contributed by atoms with Crippen molar-refractivity contribution in [3.8, 4) is 0 Å². The highest BCUT2D eigenvalue weighted by Gasteiger charge is 2.42. The molecule has 0 radical (unpaired) electrons. The average Bonchev–Trinajstić information content (AvgIpc) is 2.34. The number of rotatable bonds is 2. The van der Waals surface area contributed by atoms with E-state index in [2.05, 4.69) is 26.8 Å². The number of carbonyl (C=O) groups is 1. The first-order chi connectivity index (χ1) is 7.37. The van der Waals surface area contributed by atoms with Gasteiger partial charge >= 0.3 is 5.97 Å². The van der Waals surface area contributed by atoms with Crippen LogP contribution >= 0.6 is 0 Å². The first-order valence-electron chi connectivity index (χ1n) is 5.99. The lowest BCUT2D eigenvalue weighted by Crippen LogP contribution is -2.28. The molecule has 0 aromatic heterocycles. The maximum atomic E-state index is 10.7. The maximum absolute atomic E-state index is 10.7. The second-order valence-corrected chi connectivity index (χ2v) is 6.25. The Balaban J connectivity index is 2.09. The zero-order chi connectivity index (χ0) is 11.9. The SMILES string of the molecule is CC(C)(C)CC1=CCC2CC(=CC(=O)O)[C@@H]12. The second kappa shape index (κ2) is 3.76. The normalized spacial score (nSPS) is 30.9. The third kappa shape index (κ3) is 2.21. The topological polar surface area (TPSA) is 37.3 Å². The van der Waals surface area contributed by atoms with Gasteiger partial charge < -0.3 is 5.11 Å². The number of hydrogen-bond donors (Lipinski definition) is 1. The molecular formula is C14H20O2. The summed E-state index contributed by atoms with van der Waals surface area (Å²) >= 11 is 0. The van der Waals surface area contributed by atoms with Crippen molar-refractivity contribution in [2.24, 2.45) is 17.3 Å². The van der Waals surface area contributed by atoms with Crippen LogP contribution in [0.25, 0.3) is 0 Å². The van der Waals surface area contributed by atoms with Crippen molar-refractivity contribution in [3.05, 3.63) is 23.3 Å². The number of carboxylic acid groups (broad SMARTS) is 1. The van der Waals surface area contributed by atoms with Gasteiger partial charge in [0.25, 0.3) is 0 Å². The molecule has 16 heavy (non-hydrogen) atoms. The fourth-order valence-corrected chi connectivity index (χ4v) is 2.98. The molecule has 88 valence electrons. The van der Waals surface area contributed by atoms with Gasteiger partial charge in [-0.3, -0.25) is 0 Å². The molecule has 2 aliphatic rings. The van der Waals surface area contributed by atoms with Crippen LogP contribution in [0.3, 0.4) is 0 Å². The van der Waals surface area contributed by atoms with E-state index in [1.54, 1.807) is 0 Å². The lowest BCUT2D eigenvalue weighted by Gasteiger charge is -2.38. The summed E-state index contributed by atoms with van der Waals surface area (Å²) in [6.45, 7) is 6.71. The first-order valence-corrected chi connectivity index (χ1v) is 5.99. The highest BCUT2D eigenvalue weighted by Crippen LogP contribution is 2.53. The van der Waals surface area contributed by atoms with Crippen LogP contribution in [0.15, 0.2) is 23.3 Å². The van der Waals surface area contributed by atoms with Crippen molar-refractivity contribution in [1.29, 1.82) is 0 Å². The zero-order valence-electron chi connectivity index (χ0n) is 10.3. The molecule has 0 aromatic rings. The van der Waals surface area contributed by atoms with Crippen molar-refractivity contribution in [3.63, 3.8) is 0 Å². The zero-order valence-corrected chi connectivity index (χ0v) is 10.3. The van der Waals surface area contributed by atoms with E-state index < -0.39 is 5.97 Å². The van der Waals surface area contributed by atoms with Crippen LogP contribution in [0.4, 0.5) is 0 Å². The van der Waals surface area contributed by atoms with Crippen molar-refractivity contribution in [1.82, 2.24) is 0 Å². The highest BCUT2D eigenvalue weighted by atomic mass is 16.4. The molecule has 0 amide bonds. The van der Waals surface area contributed by atoms with Gasteiger partial charge in [0.15, 0.2) is 0 Å². The van der Waals surface area contributed by atoms with Crippen LogP contribution in [-0.4, -0.2) is 11.1 Å². The summed E-state index contributed by atoms with van der Waals surface area (Å²) in [6, 6.07) is 0. The van der Waals surface area contributed by atoms with Crippen molar-refractivity contribution in [2.75, 3.05) is 0 Å². The summed E-state index contributed by atoms with van der Waals surface area (Å²) in [5.74, 6) is 0.355. The van der Waals surface area contributed by atoms with Crippen LogP contribution in [0.5, 0.6) is 0 Å². The van der Waals surface area contributed by atoms with Gasteiger partial charge in [-0.25, -0.2) is 4.79 Å². The summed E-state index contributed by atoms with van der Waals surface area (Å²) in [7, 11) is 0. The van der Waals surface area contributed by atoms with Crippen molar-refractivity contribution in [2.45, 2.75) is 40.0 Å². The molecule has 1 unspecified atom stereocenters. The molecule has 0 saturated heterocycles. The van der Waals surface area contributed by atoms with Crippen molar-refractivity contribution < 1.29 is 9.90 Å². The van der Waals surface area contributed by atoms with Gasteiger partial charge in [-0.1, -0.05) is 38.0 Å². The fourth-order valence-electron chi connectivity index (χ4n) is 2.98. The second-order valence-electron chi connectivity index (χ2n) is 6.25. The van der Waals surface area contributed by atoms with Gasteiger partial charge in [0.2, 0.25) is 0 Å². The van der Waals surface area contributed by atoms with Crippen LogP contribution in [0.1, 0.15) is 40.0 Å². The monoisotopic (exact) mass is 220 g/mol. The Hall–Kier alpha value is -1.05. The van der Waals surface area contributed by atoms with Gasteiger partial charge in [0.1, 0.15) is 0 Å². The molecule has 0 aromatic carbocycles. The standard InChI is InChI=1S/C14H20O2/c1-14(2,3)8-10-5-4-9-6-11(13(9)10)7-12(15)16/h5,7,9,13H,4,6,8H2,1-3H3,(H,15,16)/t9?,13-/m1/s1. The Kier molecular flexibility index (Phi) is 2.69. The summed E-state index contributed by atoms with van der Waals surface area (Å²) in [5.41, 5.74) is 2.90. The summed E-state index contributed by atoms with van der Waals surface area (Å²) in [4.78, 5) is 10.7. The molecule has 1 fully saturated rings. The summed E-state index contributed by atoms with van der Waals surface area (Å²) in [5, 5.41) is 8.79. The average molecular weight is 220 g/mol. The van der Waals surface area contributed by atoms with E-state index in [9.17, 15) is 4.79 Å². The lowest BCUT2D eigenvalue weighted by molar-refractivity contribution is -0.131. The van der Waals surface area contributed by atoms with Gasteiger partial charge in [-0.15, -0.1) is 0 Å². The van der Waals surface area contributed by atoms with Gasteiger partial charge in [0, 0.05) is 12.0 Å². The third-order valence-electron chi connectivity index (χ3n) is 3.49. The molecule has 0 aliphatic heterocycles. The van der Waals surface area contributed by atoms with Crippen LogP contribution < -0.4 is 0 Å². The van der Waals surface area contributed by atoms with E-state index in [-0.39, 0.29) is 0 Å². The van der Waals surface area contributed by atoms with E-state index in [1.165, 1.54) is 11.6 Å². The summed E-state index contributed by atoms with van der Waals surface area (Å²) in [6.07, 6.45) is 6.98. The van der Waals surface area contributed by atoms with E-state index in [1.807, 2.05) is 0 Å². The highest BCUT2D eigenvalue weighted by molar-refractivity contribution is 5.81. The molecular weight excluding hydrogens is 200 g/mol. The quantitative estimate of drug-likeness (QED) is 0.572. The third-order valence-corrected chi connectivity index (χ3v) is 3.49. The maximum Gasteiger partial charge on any atom is 0.328 e. The number of aliphatic carboxylic acids is 1. The Morgan fingerprint density at radius 3 is 2.81 bits per heavy atom. The van der Waals surface area contributed by atoms with Crippen LogP contribution in [0.2, 0.25) is 0 Å². The first kappa shape index (κ1) is 11.4. The smallest absolute Gasteiger partial charge is 0.328 e. The number of fused-ring (bicyclic) bond motifs is 1. The van der Waals surface area contributed by atoms with E-state index in [0.717, 1.165) is 24.8 Å². The minimum atomic E-state index is -0.796. The molecule has 1 N–H and O–H groups in total. The molecule has 0 bridgehead atoms. The van der Waals surface area contributed by atoms with Gasteiger partial charge in [-0.05, 0) is 30.6 Å². The van der Waals surface area contributed by atoms with Crippen molar-refractivity contribution >= 4 is 5.97 Å². The lowest BCUT2D eigenvalue weighted by atomic mass is 9.66. The predicted molar refractivity (Wildman–Crippen MR) is 64.1 cm³/mol. The fraction of sp³-hybridized carbons (Fsp3) is 0.643. The number of carboxylic acids is 1. The minimum absolute atomic E-state index is 0.296. The summed E-state index contributed by atoms with van der Waals surface area (Å²) < 4.78 is 0. The Bertz CT molecular complexity index is 369. The van der Waals surface area contributed by atoms with E-state index in [4.69, 9.17) is 5.11 Å². The van der Waals surface area contributed by atoms with Crippen LogP contribution in [-0.2, 0) is 4.79 Å².